The quantitative estimate of drug-likeness (QED) is 0.776. The molecule has 0 radical (unpaired) electrons. The van der Waals surface area contributed by atoms with Crippen molar-refractivity contribution in [1.82, 2.24) is 10.2 Å². The van der Waals surface area contributed by atoms with E-state index in [1.165, 1.54) is 0 Å². The van der Waals surface area contributed by atoms with Gasteiger partial charge in [-0.3, -0.25) is 4.79 Å². The van der Waals surface area contributed by atoms with Gasteiger partial charge in [-0.15, -0.1) is 4.40 Å². The summed E-state index contributed by atoms with van der Waals surface area (Å²) in [6.07, 6.45) is 2.13. The highest BCUT2D eigenvalue weighted by atomic mass is 32.2. The maximum Gasteiger partial charge on any atom is 0.285 e. The van der Waals surface area contributed by atoms with Crippen LogP contribution in [0.15, 0.2) is 51.8 Å². The molecule has 3 aliphatic heterocycles. The average molecular weight is 442 g/mol. The van der Waals surface area contributed by atoms with Crippen LogP contribution in [0.2, 0.25) is 0 Å². The molecule has 0 bridgehead atoms. The van der Waals surface area contributed by atoms with E-state index in [9.17, 15) is 13.2 Å². The number of nitrogens with one attached hydrogen (secondary N) is 1. The average Bonchev–Trinajstić information content (AvgIpc) is 3.36. The first-order valence-corrected chi connectivity index (χ1v) is 11.8. The lowest BCUT2D eigenvalue weighted by Gasteiger charge is -2.25. The predicted octanol–water partition coefficient (Wildman–Crippen LogP) is 1.73. The molecule has 5 rings (SSSR count). The Morgan fingerprint density at radius 1 is 1.13 bits per heavy atom. The van der Waals surface area contributed by atoms with E-state index in [0.717, 1.165) is 23.5 Å². The standard InChI is InChI=1S/C22H23N3O5S/c26-22(23-10-9-15-7-8-18-19(14-15)30-13-12-29-18)17-5-3-11-25(17)21-16-4-1-2-6-20(16)31(27,28)24-21/h1-2,4,6-8,14,17H,3,5,9-13H2,(H,23,26). The first kappa shape index (κ1) is 19.9. The highest BCUT2D eigenvalue weighted by molar-refractivity contribution is 7.90. The fraction of sp³-hybridized carbons (Fsp3) is 0.364. The SMILES string of the molecule is O=C(NCCc1ccc2c(c1)OCCO2)C1CCCN1C1=NS(=O)(=O)c2ccccc21. The smallest absolute Gasteiger partial charge is 0.285 e. The maximum atomic E-state index is 12.9. The van der Waals surface area contributed by atoms with Crippen LogP contribution in [0.3, 0.4) is 0 Å². The van der Waals surface area contributed by atoms with Crippen molar-refractivity contribution >= 4 is 21.8 Å². The molecule has 1 saturated heterocycles. The molecule has 8 nitrogen and oxygen atoms in total. The monoisotopic (exact) mass is 441 g/mol. The molecule has 0 saturated carbocycles. The van der Waals surface area contributed by atoms with E-state index in [1.807, 2.05) is 23.1 Å². The summed E-state index contributed by atoms with van der Waals surface area (Å²) in [7, 11) is -3.71. The molecule has 9 heteroatoms. The van der Waals surface area contributed by atoms with E-state index < -0.39 is 16.1 Å². The van der Waals surface area contributed by atoms with Crippen molar-refractivity contribution in [2.45, 2.75) is 30.2 Å². The Labute approximate surface area is 180 Å². The summed E-state index contributed by atoms with van der Waals surface area (Å²) in [6, 6.07) is 12.1. The van der Waals surface area contributed by atoms with Crippen molar-refractivity contribution in [3.8, 4) is 11.5 Å². The van der Waals surface area contributed by atoms with Gasteiger partial charge in [-0.05, 0) is 49.1 Å². The first-order chi connectivity index (χ1) is 15.0. The normalized spacial score (nSPS) is 20.8. The van der Waals surface area contributed by atoms with Crippen LogP contribution >= 0.6 is 0 Å². The zero-order valence-corrected chi connectivity index (χ0v) is 17.7. The Balaban J connectivity index is 1.25. The van der Waals surface area contributed by atoms with Crippen molar-refractivity contribution in [3.63, 3.8) is 0 Å². The molecule has 1 fully saturated rings. The Bertz CT molecular complexity index is 1160. The lowest BCUT2D eigenvalue weighted by Crippen LogP contribution is -2.46. The number of amides is 1. The Morgan fingerprint density at radius 2 is 1.94 bits per heavy atom. The molecule has 31 heavy (non-hydrogen) atoms. The highest BCUT2D eigenvalue weighted by Gasteiger charge is 2.39. The Kier molecular flexibility index (Phi) is 5.05. The number of hydrogen-bond donors (Lipinski definition) is 1. The minimum atomic E-state index is -3.71. The number of benzene rings is 2. The summed E-state index contributed by atoms with van der Waals surface area (Å²) in [5.74, 6) is 1.74. The predicted molar refractivity (Wildman–Crippen MR) is 114 cm³/mol. The van der Waals surface area contributed by atoms with Gasteiger partial charge in [0.1, 0.15) is 24.2 Å². The van der Waals surface area contributed by atoms with Gasteiger partial charge in [0.05, 0.1) is 0 Å². The molecule has 2 aromatic carbocycles. The van der Waals surface area contributed by atoms with E-state index in [-0.39, 0.29) is 10.8 Å². The third kappa shape index (κ3) is 3.74. The van der Waals surface area contributed by atoms with E-state index in [2.05, 4.69) is 9.71 Å². The number of amidine groups is 1. The number of carbonyl (C=O) groups is 1. The fourth-order valence-electron chi connectivity index (χ4n) is 4.28. The van der Waals surface area contributed by atoms with Gasteiger partial charge < -0.3 is 19.7 Å². The number of nitrogens with zero attached hydrogens (tertiary/aromatic N) is 2. The van der Waals surface area contributed by atoms with E-state index in [4.69, 9.17) is 9.47 Å². The van der Waals surface area contributed by atoms with Crippen molar-refractivity contribution < 1.29 is 22.7 Å². The summed E-state index contributed by atoms with van der Waals surface area (Å²) in [5, 5.41) is 2.99. The Hall–Kier alpha value is -3.07. The number of likely N-dealkylation sites (tertiary alicyclic amines) is 1. The van der Waals surface area contributed by atoms with Crippen molar-refractivity contribution in [2.75, 3.05) is 26.3 Å². The van der Waals surface area contributed by atoms with Crippen molar-refractivity contribution in [1.29, 1.82) is 0 Å². The molecule has 3 aliphatic rings. The highest BCUT2D eigenvalue weighted by Crippen LogP contribution is 2.32. The van der Waals surface area contributed by atoms with Gasteiger partial charge in [0.2, 0.25) is 5.91 Å². The Morgan fingerprint density at radius 3 is 2.81 bits per heavy atom. The van der Waals surface area contributed by atoms with Gasteiger partial charge in [-0.2, -0.15) is 8.42 Å². The zero-order valence-electron chi connectivity index (χ0n) is 16.9. The third-order valence-corrected chi connectivity index (χ3v) is 7.08. The van der Waals surface area contributed by atoms with Crippen LogP contribution in [0.1, 0.15) is 24.0 Å². The number of rotatable bonds is 4. The summed E-state index contributed by atoms with van der Waals surface area (Å²) >= 11 is 0. The molecule has 1 N–H and O–H groups in total. The topological polar surface area (TPSA) is 97.3 Å². The van der Waals surface area contributed by atoms with Gasteiger partial charge in [-0.25, -0.2) is 0 Å². The minimum Gasteiger partial charge on any atom is -0.486 e. The second kappa shape index (κ2) is 7.88. The largest absolute Gasteiger partial charge is 0.486 e. The van der Waals surface area contributed by atoms with Crippen LogP contribution in [-0.4, -0.2) is 57.4 Å². The van der Waals surface area contributed by atoms with Gasteiger partial charge in [0.15, 0.2) is 17.3 Å². The number of hydrogen-bond acceptors (Lipinski definition) is 6. The molecule has 1 amide bonds. The van der Waals surface area contributed by atoms with Crippen molar-refractivity contribution in [2.24, 2.45) is 4.40 Å². The number of fused-ring (bicyclic) bond motifs is 2. The molecule has 1 atom stereocenters. The summed E-state index contributed by atoms with van der Waals surface area (Å²) in [5.41, 5.74) is 1.62. The minimum absolute atomic E-state index is 0.112. The zero-order chi connectivity index (χ0) is 21.4. The fourth-order valence-corrected chi connectivity index (χ4v) is 5.50. The van der Waals surface area contributed by atoms with Crippen LogP contribution in [0.5, 0.6) is 11.5 Å². The van der Waals surface area contributed by atoms with Gasteiger partial charge in [-0.1, -0.05) is 18.2 Å². The molecule has 0 spiro atoms. The second-order valence-electron chi connectivity index (χ2n) is 7.76. The number of carbonyl (C=O) groups excluding carboxylic acids is 1. The van der Waals surface area contributed by atoms with Crippen LogP contribution in [0.4, 0.5) is 0 Å². The molecule has 1 unspecified atom stereocenters. The lowest BCUT2D eigenvalue weighted by molar-refractivity contribution is -0.124. The maximum absolute atomic E-state index is 12.9. The summed E-state index contributed by atoms with van der Waals surface area (Å²) in [4.78, 5) is 14.9. The second-order valence-corrected chi connectivity index (χ2v) is 9.33. The van der Waals surface area contributed by atoms with E-state index in [0.29, 0.717) is 50.5 Å². The van der Waals surface area contributed by atoms with Gasteiger partial charge >= 0.3 is 0 Å². The number of ether oxygens (including phenoxy) is 2. The lowest BCUT2D eigenvalue weighted by atomic mass is 10.1. The van der Waals surface area contributed by atoms with Crippen LogP contribution in [-0.2, 0) is 21.2 Å². The van der Waals surface area contributed by atoms with Crippen LogP contribution in [0.25, 0.3) is 0 Å². The molecule has 0 aliphatic carbocycles. The van der Waals surface area contributed by atoms with E-state index in [1.54, 1.807) is 24.3 Å². The van der Waals surface area contributed by atoms with E-state index >= 15 is 0 Å². The summed E-state index contributed by atoms with van der Waals surface area (Å²) in [6.45, 7) is 2.16. The molecule has 2 aromatic rings. The molecular weight excluding hydrogens is 418 g/mol. The van der Waals surface area contributed by atoms with Gasteiger partial charge in [0, 0.05) is 18.7 Å². The molecule has 3 heterocycles. The van der Waals surface area contributed by atoms with Crippen LogP contribution < -0.4 is 14.8 Å². The molecule has 162 valence electrons. The summed E-state index contributed by atoms with van der Waals surface area (Å²) < 4.78 is 39.9. The third-order valence-electron chi connectivity index (χ3n) is 5.76. The number of sulfonamides is 1. The van der Waals surface area contributed by atoms with Gasteiger partial charge in [0.25, 0.3) is 10.0 Å². The first-order valence-electron chi connectivity index (χ1n) is 10.4. The van der Waals surface area contributed by atoms with Crippen molar-refractivity contribution in [3.05, 3.63) is 53.6 Å². The molecule has 0 aromatic heterocycles. The van der Waals surface area contributed by atoms with Crippen LogP contribution in [0, 0.1) is 0 Å². The molecular formula is C22H23N3O5S.